The van der Waals surface area contributed by atoms with Gasteiger partial charge in [-0.3, -0.25) is 0 Å². The van der Waals surface area contributed by atoms with Crippen LogP contribution in [0.3, 0.4) is 0 Å². The SMILES string of the molecule is ClC1=NC2=CC=CCC2=C1. The van der Waals surface area contributed by atoms with E-state index in [1.807, 2.05) is 18.2 Å². The molecule has 0 atom stereocenters. The van der Waals surface area contributed by atoms with Crippen LogP contribution in [0.5, 0.6) is 0 Å². The molecule has 0 unspecified atom stereocenters. The van der Waals surface area contributed by atoms with Gasteiger partial charge in [0.2, 0.25) is 0 Å². The zero-order valence-corrected chi connectivity index (χ0v) is 6.10. The summed E-state index contributed by atoms with van der Waals surface area (Å²) in [5, 5.41) is 0.602. The molecule has 2 rings (SSSR count). The molecule has 0 aromatic carbocycles. The van der Waals surface area contributed by atoms with Crippen molar-refractivity contribution < 1.29 is 0 Å². The number of allylic oxidation sites excluding steroid dienone is 5. The molecule has 1 heterocycles. The molecule has 2 heteroatoms. The minimum Gasteiger partial charge on any atom is -0.236 e. The molecule has 10 heavy (non-hydrogen) atoms. The molecule has 1 nitrogen and oxygen atoms in total. The first kappa shape index (κ1) is 5.93. The minimum absolute atomic E-state index is 0.602. The first-order chi connectivity index (χ1) is 4.86. The largest absolute Gasteiger partial charge is 0.236 e. The second kappa shape index (κ2) is 2.10. The molecule has 0 radical (unpaired) electrons. The van der Waals surface area contributed by atoms with Crippen LogP contribution in [0.1, 0.15) is 6.42 Å². The predicted octanol–water partition coefficient (Wildman–Crippen LogP) is 2.41. The van der Waals surface area contributed by atoms with Crippen LogP contribution >= 0.6 is 11.6 Å². The smallest absolute Gasteiger partial charge is 0.130 e. The second-order valence-corrected chi connectivity index (χ2v) is 2.68. The summed E-state index contributed by atoms with van der Waals surface area (Å²) in [4.78, 5) is 4.11. The van der Waals surface area contributed by atoms with Gasteiger partial charge in [-0.25, -0.2) is 4.99 Å². The lowest BCUT2D eigenvalue weighted by Gasteiger charge is -2.01. The normalized spacial score (nSPS) is 21.5. The van der Waals surface area contributed by atoms with Crippen LogP contribution in [0.2, 0.25) is 0 Å². The van der Waals surface area contributed by atoms with Crippen LogP contribution in [0.15, 0.2) is 40.6 Å². The van der Waals surface area contributed by atoms with Gasteiger partial charge in [-0.1, -0.05) is 23.8 Å². The van der Waals surface area contributed by atoms with Crippen molar-refractivity contribution >= 4 is 16.8 Å². The molecule has 50 valence electrons. The van der Waals surface area contributed by atoms with E-state index in [0.717, 1.165) is 12.1 Å². The molecule has 0 saturated heterocycles. The zero-order valence-electron chi connectivity index (χ0n) is 5.34. The molecule has 0 bridgehead atoms. The molecular weight excluding hydrogens is 146 g/mol. The summed E-state index contributed by atoms with van der Waals surface area (Å²) in [5.41, 5.74) is 2.25. The highest BCUT2D eigenvalue weighted by molar-refractivity contribution is 6.69. The molecule has 0 amide bonds. The highest BCUT2D eigenvalue weighted by atomic mass is 35.5. The first-order valence-corrected chi connectivity index (χ1v) is 3.56. The number of aliphatic imine (C=N–C) groups is 1. The lowest BCUT2D eigenvalue weighted by molar-refractivity contribution is 1.18. The minimum atomic E-state index is 0.602. The van der Waals surface area contributed by atoms with E-state index in [9.17, 15) is 0 Å². The standard InChI is InChI=1S/C8H6ClN/c9-8-5-6-3-1-2-4-7(6)10-8/h1-2,4-5H,3H2. The molecule has 0 saturated carbocycles. The van der Waals surface area contributed by atoms with Crippen molar-refractivity contribution in [3.8, 4) is 0 Å². The number of hydrogen-bond acceptors (Lipinski definition) is 1. The number of rotatable bonds is 0. The Kier molecular flexibility index (Phi) is 1.24. The Bertz CT molecular complexity index is 282. The van der Waals surface area contributed by atoms with Gasteiger partial charge >= 0.3 is 0 Å². The third kappa shape index (κ3) is 0.830. The first-order valence-electron chi connectivity index (χ1n) is 3.18. The van der Waals surface area contributed by atoms with Crippen LogP contribution < -0.4 is 0 Å². The van der Waals surface area contributed by atoms with Gasteiger partial charge in [0.15, 0.2) is 0 Å². The molecule has 1 aliphatic carbocycles. The van der Waals surface area contributed by atoms with Gasteiger partial charge in [-0.15, -0.1) is 0 Å². The number of nitrogens with zero attached hydrogens (tertiary/aromatic N) is 1. The molecule has 0 aromatic heterocycles. The van der Waals surface area contributed by atoms with Gasteiger partial charge in [0.05, 0.1) is 5.70 Å². The monoisotopic (exact) mass is 151 g/mol. The summed E-state index contributed by atoms with van der Waals surface area (Å²) < 4.78 is 0. The average Bonchev–Trinajstić information content (AvgIpc) is 2.27. The van der Waals surface area contributed by atoms with Gasteiger partial charge in [-0.05, 0) is 24.1 Å². The van der Waals surface area contributed by atoms with Crippen LogP contribution in [0, 0.1) is 0 Å². The van der Waals surface area contributed by atoms with Crippen molar-refractivity contribution in [1.82, 2.24) is 0 Å². The summed E-state index contributed by atoms with van der Waals surface area (Å²) >= 11 is 5.69. The third-order valence-electron chi connectivity index (χ3n) is 1.58. The summed E-state index contributed by atoms with van der Waals surface area (Å²) in [6.45, 7) is 0. The van der Waals surface area contributed by atoms with Crippen molar-refractivity contribution in [1.29, 1.82) is 0 Å². The summed E-state index contributed by atoms with van der Waals surface area (Å²) in [6, 6.07) is 0. The quantitative estimate of drug-likeness (QED) is 0.504. The highest BCUT2D eigenvalue weighted by Gasteiger charge is 2.12. The fourth-order valence-corrected chi connectivity index (χ4v) is 1.32. The van der Waals surface area contributed by atoms with Crippen LogP contribution in [-0.4, -0.2) is 5.17 Å². The zero-order chi connectivity index (χ0) is 6.97. The average molecular weight is 152 g/mol. The number of halogens is 1. The van der Waals surface area contributed by atoms with E-state index < -0.39 is 0 Å². The van der Waals surface area contributed by atoms with Gasteiger partial charge in [0.1, 0.15) is 5.17 Å². The van der Waals surface area contributed by atoms with Gasteiger partial charge in [0.25, 0.3) is 0 Å². The van der Waals surface area contributed by atoms with Crippen molar-refractivity contribution in [2.75, 3.05) is 0 Å². The van der Waals surface area contributed by atoms with Crippen LogP contribution in [0.25, 0.3) is 0 Å². The Morgan fingerprint density at radius 2 is 2.40 bits per heavy atom. The Labute approximate surface area is 64.4 Å². The summed E-state index contributed by atoms with van der Waals surface area (Å²) in [5.74, 6) is 0. The van der Waals surface area contributed by atoms with E-state index in [1.54, 1.807) is 0 Å². The fraction of sp³-hybridized carbons (Fsp3) is 0.125. The Morgan fingerprint density at radius 3 is 3.20 bits per heavy atom. The maximum atomic E-state index is 5.69. The van der Waals surface area contributed by atoms with Crippen LogP contribution in [-0.2, 0) is 0 Å². The van der Waals surface area contributed by atoms with Crippen molar-refractivity contribution in [2.45, 2.75) is 6.42 Å². The van der Waals surface area contributed by atoms with E-state index in [4.69, 9.17) is 11.6 Å². The number of fused-ring (bicyclic) bond motifs is 1. The third-order valence-corrected chi connectivity index (χ3v) is 1.77. The lowest BCUT2D eigenvalue weighted by Crippen LogP contribution is -1.84. The topological polar surface area (TPSA) is 12.4 Å². The van der Waals surface area contributed by atoms with E-state index in [0.29, 0.717) is 5.17 Å². The van der Waals surface area contributed by atoms with Crippen LogP contribution in [0.4, 0.5) is 0 Å². The maximum absolute atomic E-state index is 5.69. The number of hydrogen-bond donors (Lipinski definition) is 0. The molecule has 0 N–H and O–H groups in total. The van der Waals surface area contributed by atoms with Gasteiger partial charge < -0.3 is 0 Å². The Hall–Kier alpha value is -0.820. The molecular formula is C8H6ClN. The highest BCUT2D eigenvalue weighted by Crippen LogP contribution is 2.26. The van der Waals surface area contributed by atoms with Crippen molar-refractivity contribution in [3.05, 3.63) is 35.6 Å². The van der Waals surface area contributed by atoms with E-state index in [2.05, 4.69) is 11.1 Å². The maximum Gasteiger partial charge on any atom is 0.130 e. The van der Waals surface area contributed by atoms with E-state index in [1.165, 1.54) is 5.57 Å². The van der Waals surface area contributed by atoms with E-state index in [-0.39, 0.29) is 0 Å². The molecule has 0 aromatic rings. The summed E-state index contributed by atoms with van der Waals surface area (Å²) in [6.07, 6.45) is 8.96. The van der Waals surface area contributed by atoms with Gasteiger partial charge in [-0.2, -0.15) is 0 Å². The predicted molar refractivity (Wildman–Crippen MR) is 43.2 cm³/mol. The fourth-order valence-electron chi connectivity index (χ4n) is 1.10. The Balaban J connectivity index is 2.45. The van der Waals surface area contributed by atoms with Gasteiger partial charge in [0, 0.05) is 0 Å². The molecule has 0 spiro atoms. The van der Waals surface area contributed by atoms with Crippen molar-refractivity contribution in [2.24, 2.45) is 4.99 Å². The molecule has 2 aliphatic rings. The second-order valence-electron chi connectivity index (χ2n) is 2.29. The molecule has 0 fully saturated rings. The molecule has 1 aliphatic heterocycles. The van der Waals surface area contributed by atoms with Crippen molar-refractivity contribution in [3.63, 3.8) is 0 Å². The van der Waals surface area contributed by atoms with E-state index >= 15 is 0 Å². The summed E-state index contributed by atoms with van der Waals surface area (Å²) in [7, 11) is 0. The lowest BCUT2D eigenvalue weighted by atomic mass is 10.1. The Morgan fingerprint density at radius 1 is 1.50 bits per heavy atom.